The summed E-state index contributed by atoms with van der Waals surface area (Å²) >= 11 is 5.58. The standard InChI is InChI=1S/C24H22N4O3S2/c29-23-26-21(17-7-3-1-4-8-17)16-28(23)33(30,31)20-11-12-22-18(15-20)13-14-27(22)24(32)25-19-9-5-2-6-10-19/h1-12,15,21H,13-14,16H2,(H,25,32)(H,26,29). The average Bonchev–Trinajstić information content (AvgIpc) is 3.44. The Hall–Kier alpha value is -3.43. The molecule has 2 aliphatic rings. The number of amides is 2. The Morgan fingerprint density at radius 2 is 1.70 bits per heavy atom. The number of sulfonamides is 1. The van der Waals surface area contributed by atoms with Crippen LogP contribution >= 0.6 is 12.2 Å². The molecule has 33 heavy (non-hydrogen) atoms. The molecule has 0 radical (unpaired) electrons. The number of benzene rings is 3. The molecule has 2 N–H and O–H groups in total. The van der Waals surface area contributed by atoms with Gasteiger partial charge in [-0.3, -0.25) is 0 Å². The van der Waals surface area contributed by atoms with Crippen LogP contribution in [0.4, 0.5) is 16.2 Å². The summed E-state index contributed by atoms with van der Waals surface area (Å²) < 4.78 is 27.5. The number of para-hydroxylation sites is 1. The van der Waals surface area contributed by atoms with Crippen LogP contribution in [0.5, 0.6) is 0 Å². The van der Waals surface area contributed by atoms with Crippen LogP contribution in [0, 0.1) is 0 Å². The van der Waals surface area contributed by atoms with Crippen molar-refractivity contribution in [2.24, 2.45) is 0 Å². The lowest BCUT2D eigenvalue weighted by Gasteiger charge is -2.22. The molecule has 0 aliphatic carbocycles. The highest BCUT2D eigenvalue weighted by Crippen LogP contribution is 2.33. The van der Waals surface area contributed by atoms with Gasteiger partial charge in [0.15, 0.2) is 5.11 Å². The Morgan fingerprint density at radius 1 is 1.00 bits per heavy atom. The van der Waals surface area contributed by atoms with Crippen molar-refractivity contribution < 1.29 is 13.2 Å². The summed E-state index contributed by atoms with van der Waals surface area (Å²) in [6.45, 7) is 0.706. The van der Waals surface area contributed by atoms with Gasteiger partial charge in [-0.25, -0.2) is 17.5 Å². The molecule has 1 atom stereocenters. The Kier molecular flexibility index (Phi) is 5.51. The van der Waals surface area contributed by atoms with E-state index in [0.717, 1.165) is 26.8 Å². The van der Waals surface area contributed by atoms with E-state index in [-0.39, 0.29) is 17.5 Å². The summed E-state index contributed by atoms with van der Waals surface area (Å²) in [6, 6.07) is 23.0. The molecule has 0 spiro atoms. The van der Waals surface area contributed by atoms with Crippen LogP contribution in [-0.2, 0) is 16.4 Å². The third kappa shape index (κ3) is 4.05. The maximum atomic E-state index is 13.3. The minimum absolute atomic E-state index is 0.0550. The van der Waals surface area contributed by atoms with Gasteiger partial charge in [0, 0.05) is 17.9 Å². The van der Waals surface area contributed by atoms with Gasteiger partial charge in [0.1, 0.15) is 0 Å². The smallest absolute Gasteiger partial charge is 0.331 e. The van der Waals surface area contributed by atoms with E-state index in [1.165, 1.54) is 0 Å². The zero-order chi connectivity index (χ0) is 23.0. The van der Waals surface area contributed by atoms with Crippen molar-refractivity contribution in [2.45, 2.75) is 17.4 Å². The van der Waals surface area contributed by atoms with Crippen molar-refractivity contribution in [3.05, 3.63) is 90.0 Å². The van der Waals surface area contributed by atoms with E-state index in [2.05, 4.69) is 10.6 Å². The molecule has 0 bridgehead atoms. The molecule has 9 heteroatoms. The van der Waals surface area contributed by atoms with Gasteiger partial charge in [0.2, 0.25) is 0 Å². The third-order valence-electron chi connectivity index (χ3n) is 5.88. The lowest BCUT2D eigenvalue weighted by molar-refractivity contribution is 0.235. The van der Waals surface area contributed by atoms with Crippen molar-refractivity contribution in [3.63, 3.8) is 0 Å². The molecule has 1 fully saturated rings. The van der Waals surface area contributed by atoms with Gasteiger partial charge in [-0.15, -0.1) is 0 Å². The first-order chi connectivity index (χ1) is 15.9. The van der Waals surface area contributed by atoms with E-state index in [0.29, 0.717) is 18.1 Å². The first-order valence-corrected chi connectivity index (χ1v) is 12.4. The van der Waals surface area contributed by atoms with Crippen LogP contribution in [0.1, 0.15) is 17.2 Å². The van der Waals surface area contributed by atoms with Gasteiger partial charge >= 0.3 is 6.03 Å². The van der Waals surface area contributed by atoms with E-state index in [1.54, 1.807) is 18.2 Å². The highest BCUT2D eigenvalue weighted by molar-refractivity contribution is 7.89. The fraction of sp³-hybridized carbons (Fsp3) is 0.167. The number of carbonyl (C=O) groups excluding carboxylic acids is 1. The molecule has 2 aliphatic heterocycles. The second kappa shape index (κ2) is 8.49. The van der Waals surface area contributed by atoms with Crippen molar-refractivity contribution in [3.8, 4) is 0 Å². The van der Waals surface area contributed by atoms with Crippen LogP contribution in [0.15, 0.2) is 83.8 Å². The summed E-state index contributed by atoms with van der Waals surface area (Å²) in [5.41, 5.74) is 3.51. The fourth-order valence-corrected chi connectivity index (χ4v) is 5.90. The quantitative estimate of drug-likeness (QED) is 0.554. The van der Waals surface area contributed by atoms with Gasteiger partial charge in [-0.05, 0) is 60.1 Å². The van der Waals surface area contributed by atoms with Gasteiger partial charge in [0.25, 0.3) is 10.0 Å². The van der Waals surface area contributed by atoms with E-state index in [9.17, 15) is 13.2 Å². The molecular formula is C24H22N4O3S2. The number of hydrogen-bond donors (Lipinski definition) is 2. The molecule has 2 heterocycles. The molecule has 3 aromatic rings. The predicted molar refractivity (Wildman–Crippen MR) is 132 cm³/mol. The monoisotopic (exact) mass is 478 g/mol. The number of anilines is 2. The third-order valence-corrected chi connectivity index (χ3v) is 7.95. The molecule has 2 amide bonds. The Bertz CT molecular complexity index is 1310. The van der Waals surface area contributed by atoms with Crippen molar-refractivity contribution in [1.29, 1.82) is 0 Å². The predicted octanol–water partition coefficient (Wildman–Crippen LogP) is 3.90. The molecule has 7 nitrogen and oxygen atoms in total. The average molecular weight is 479 g/mol. The SMILES string of the molecule is O=C1NC(c2ccccc2)CN1S(=O)(=O)c1ccc2c(c1)CCN2C(=S)Nc1ccccc1. The largest absolute Gasteiger partial charge is 0.332 e. The van der Waals surface area contributed by atoms with Crippen LogP contribution in [0.25, 0.3) is 0 Å². The van der Waals surface area contributed by atoms with Gasteiger partial charge in [-0.2, -0.15) is 0 Å². The summed E-state index contributed by atoms with van der Waals surface area (Å²) in [5.74, 6) is 0. The number of thiocarbonyl (C=S) groups is 1. The minimum atomic E-state index is -3.98. The molecule has 3 aromatic carbocycles. The molecule has 168 valence electrons. The summed E-state index contributed by atoms with van der Waals surface area (Å²) in [6.07, 6.45) is 0.661. The molecule has 0 saturated carbocycles. The zero-order valence-electron chi connectivity index (χ0n) is 17.6. The lowest BCUT2D eigenvalue weighted by atomic mass is 10.1. The minimum Gasteiger partial charge on any atom is -0.332 e. The molecule has 5 rings (SSSR count). The van der Waals surface area contributed by atoms with Crippen LogP contribution in [-0.4, -0.2) is 37.0 Å². The maximum Gasteiger partial charge on any atom is 0.331 e. The van der Waals surface area contributed by atoms with E-state index < -0.39 is 16.1 Å². The number of nitrogens with one attached hydrogen (secondary N) is 2. The second-order valence-electron chi connectivity index (χ2n) is 7.94. The van der Waals surface area contributed by atoms with E-state index >= 15 is 0 Å². The topological polar surface area (TPSA) is 81.8 Å². The second-order valence-corrected chi connectivity index (χ2v) is 10.2. The highest BCUT2D eigenvalue weighted by atomic mass is 32.2. The number of rotatable bonds is 4. The lowest BCUT2D eigenvalue weighted by Crippen LogP contribution is -2.34. The molecular weight excluding hydrogens is 456 g/mol. The van der Waals surface area contributed by atoms with E-state index in [4.69, 9.17) is 12.2 Å². The molecule has 0 aromatic heterocycles. The number of carbonyl (C=O) groups is 1. The van der Waals surface area contributed by atoms with Gasteiger partial charge in [0.05, 0.1) is 17.5 Å². The Morgan fingerprint density at radius 3 is 2.42 bits per heavy atom. The zero-order valence-corrected chi connectivity index (χ0v) is 19.3. The Balaban J connectivity index is 1.36. The summed E-state index contributed by atoms with van der Waals surface area (Å²) in [5, 5.41) is 6.54. The van der Waals surface area contributed by atoms with Crippen molar-refractivity contribution >= 4 is 44.8 Å². The van der Waals surface area contributed by atoms with E-state index in [1.807, 2.05) is 65.6 Å². The van der Waals surface area contributed by atoms with Gasteiger partial charge < -0.3 is 15.5 Å². The molecule has 1 unspecified atom stereocenters. The first-order valence-electron chi connectivity index (χ1n) is 10.6. The highest BCUT2D eigenvalue weighted by Gasteiger charge is 2.39. The van der Waals surface area contributed by atoms with Gasteiger partial charge in [-0.1, -0.05) is 48.5 Å². The van der Waals surface area contributed by atoms with Crippen LogP contribution in [0.3, 0.4) is 0 Å². The van der Waals surface area contributed by atoms with Crippen LogP contribution < -0.4 is 15.5 Å². The van der Waals surface area contributed by atoms with Crippen LogP contribution in [0.2, 0.25) is 0 Å². The number of fused-ring (bicyclic) bond motifs is 1. The first kappa shape index (κ1) is 21.4. The number of hydrogen-bond acceptors (Lipinski definition) is 4. The Labute approximate surface area is 198 Å². The normalized spacial score (nSPS) is 17.6. The maximum absolute atomic E-state index is 13.3. The van der Waals surface area contributed by atoms with Crippen molar-refractivity contribution in [1.82, 2.24) is 9.62 Å². The number of urea groups is 1. The summed E-state index contributed by atoms with van der Waals surface area (Å²) in [7, 11) is -3.98. The fourth-order valence-electron chi connectivity index (χ4n) is 4.19. The van der Waals surface area contributed by atoms with Crippen molar-refractivity contribution in [2.75, 3.05) is 23.3 Å². The molecule has 1 saturated heterocycles. The number of nitrogens with zero attached hydrogens (tertiary/aromatic N) is 2. The summed E-state index contributed by atoms with van der Waals surface area (Å²) in [4.78, 5) is 14.6.